The lowest BCUT2D eigenvalue weighted by Crippen LogP contribution is -2.13. The summed E-state index contributed by atoms with van der Waals surface area (Å²) >= 11 is 0. The van der Waals surface area contributed by atoms with Crippen LogP contribution in [0.15, 0.2) is 12.1 Å². The molecule has 0 aromatic heterocycles. The molecule has 1 aromatic carbocycles. The predicted octanol–water partition coefficient (Wildman–Crippen LogP) is 1.48. The molecule has 0 spiro atoms. The van der Waals surface area contributed by atoms with Gasteiger partial charge in [0.1, 0.15) is 0 Å². The van der Waals surface area contributed by atoms with Crippen LogP contribution in [0.1, 0.15) is 19.4 Å². The molecule has 0 aliphatic heterocycles. The average Bonchev–Trinajstić information content (AvgIpc) is 2.32. The number of anilines is 1. The summed E-state index contributed by atoms with van der Waals surface area (Å²) in [5.41, 5.74) is 0.478. The van der Waals surface area contributed by atoms with Crippen molar-refractivity contribution in [2.45, 2.75) is 20.3 Å². The molecule has 118 valence electrons. The van der Waals surface area contributed by atoms with Crippen LogP contribution in [-0.2, 0) is 21.2 Å². The van der Waals surface area contributed by atoms with Crippen LogP contribution in [-0.4, -0.2) is 39.0 Å². The zero-order valence-electron chi connectivity index (χ0n) is 12.2. The summed E-state index contributed by atoms with van der Waals surface area (Å²) in [6, 6.07) is 2.92. The van der Waals surface area contributed by atoms with E-state index in [0.717, 1.165) is 6.26 Å². The van der Waals surface area contributed by atoms with E-state index in [-0.39, 0.29) is 12.1 Å². The number of carbonyl (C=O) groups is 1. The first-order valence-electron chi connectivity index (χ1n) is 6.39. The lowest BCUT2D eigenvalue weighted by molar-refractivity contribution is -0.136. The molecule has 0 radical (unpaired) electrons. The normalized spacial score (nSPS) is 11.0. The number of ether oxygens (including phenoxy) is 2. The van der Waals surface area contributed by atoms with Gasteiger partial charge in [0.15, 0.2) is 11.5 Å². The molecule has 0 fully saturated rings. The van der Waals surface area contributed by atoms with E-state index in [0.29, 0.717) is 30.3 Å². The summed E-state index contributed by atoms with van der Waals surface area (Å²) in [4.78, 5) is 10.9. The highest BCUT2D eigenvalue weighted by atomic mass is 32.2. The van der Waals surface area contributed by atoms with Crippen molar-refractivity contribution in [3.63, 3.8) is 0 Å². The second-order valence-corrected chi connectivity index (χ2v) is 6.02. The minimum atomic E-state index is -3.53. The summed E-state index contributed by atoms with van der Waals surface area (Å²) in [6.07, 6.45) is 0.665. The van der Waals surface area contributed by atoms with Gasteiger partial charge in [0.05, 0.1) is 31.6 Å². The Labute approximate surface area is 123 Å². The third-order valence-electron chi connectivity index (χ3n) is 2.41. The number of nitrogens with one attached hydrogen (secondary N) is 1. The van der Waals surface area contributed by atoms with Crippen molar-refractivity contribution in [2.24, 2.45) is 0 Å². The Morgan fingerprint density at radius 3 is 2.14 bits per heavy atom. The molecule has 0 saturated heterocycles. The van der Waals surface area contributed by atoms with Crippen LogP contribution in [0.25, 0.3) is 0 Å². The third-order valence-corrected chi connectivity index (χ3v) is 3.00. The molecule has 8 heteroatoms. The fourth-order valence-corrected chi connectivity index (χ4v) is 2.33. The fourth-order valence-electron chi connectivity index (χ4n) is 1.74. The first-order valence-corrected chi connectivity index (χ1v) is 8.28. The van der Waals surface area contributed by atoms with E-state index in [4.69, 9.17) is 14.6 Å². The van der Waals surface area contributed by atoms with E-state index in [1.165, 1.54) is 12.1 Å². The first-order chi connectivity index (χ1) is 9.76. The van der Waals surface area contributed by atoms with Crippen LogP contribution >= 0.6 is 0 Å². The molecular weight excluding hydrogens is 298 g/mol. The van der Waals surface area contributed by atoms with E-state index in [2.05, 4.69) is 4.72 Å². The van der Waals surface area contributed by atoms with Crippen LogP contribution in [0.4, 0.5) is 5.69 Å². The van der Waals surface area contributed by atoms with Crippen LogP contribution < -0.4 is 14.2 Å². The van der Waals surface area contributed by atoms with Gasteiger partial charge in [0.25, 0.3) is 0 Å². The number of aliphatic carboxylic acids is 1. The highest BCUT2D eigenvalue weighted by Gasteiger charge is 2.16. The highest BCUT2D eigenvalue weighted by Crippen LogP contribution is 2.34. The molecule has 1 rings (SSSR count). The number of benzene rings is 1. The topological polar surface area (TPSA) is 102 Å². The SMILES string of the molecule is CCOc1cc(CC(=O)O)c(NS(C)(=O)=O)cc1OCC. The molecule has 0 unspecified atom stereocenters. The summed E-state index contributed by atoms with van der Waals surface area (Å²) in [7, 11) is -3.53. The van der Waals surface area contributed by atoms with E-state index >= 15 is 0 Å². The first kappa shape index (κ1) is 17.1. The van der Waals surface area contributed by atoms with Crippen LogP contribution in [0.2, 0.25) is 0 Å². The minimum absolute atomic E-state index is 0.173. The van der Waals surface area contributed by atoms with Crippen LogP contribution in [0, 0.1) is 0 Å². The van der Waals surface area contributed by atoms with Gasteiger partial charge in [-0.3, -0.25) is 9.52 Å². The maximum Gasteiger partial charge on any atom is 0.307 e. The van der Waals surface area contributed by atoms with Gasteiger partial charge in [0, 0.05) is 6.07 Å². The molecular formula is C13H19NO6S. The monoisotopic (exact) mass is 317 g/mol. The van der Waals surface area contributed by atoms with Gasteiger partial charge in [-0.25, -0.2) is 8.42 Å². The zero-order chi connectivity index (χ0) is 16.0. The smallest absolute Gasteiger partial charge is 0.307 e. The standard InChI is InChI=1S/C13H19NO6S/c1-4-19-11-6-9(7-13(15)16)10(14-21(3,17)18)8-12(11)20-5-2/h6,8,14H,4-5,7H2,1-3H3,(H,15,16). The van der Waals surface area contributed by atoms with Crippen LogP contribution in [0.3, 0.4) is 0 Å². The van der Waals surface area contributed by atoms with E-state index in [9.17, 15) is 13.2 Å². The van der Waals surface area contributed by atoms with E-state index in [1.54, 1.807) is 13.8 Å². The second-order valence-electron chi connectivity index (χ2n) is 4.27. The number of rotatable bonds is 8. The van der Waals surface area contributed by atoms with Gasteiger partial charge < -0.3 is 14.6 Å². The Kier molecular flexibility index (Phi) is 5.83. The number of hydrogen-bond acceptors (Lipinski definition) is 5. The number of carboxylic acid groups (broad SMARTS) is 1. The molecule has 0 aliphatic rings. The van der Waals surface area contributed by atoms with Crippen molar-refractivity contribution in [1.29, 1.82) is 0 Å². The Hall–Kier alpha value is -1.96. The molecule has 0 amide bonds. The molecule has 0 saturated carbocycles. The zero-order valence-corrected chi connectivity index (χ0v) is 13.0. The van der Waals surface area contributed by atoms with E-state index < -0.39 is 16.0 Å². The Morgan fingerprint density at radius 1 is 1.19 bits per heavy atom. The van der Waals surface area contributed by atoms with Gasteiger partial charge in [0.2, 0.25) is 10.0 Å². The molecule has 21 heavy (non-hydrogen) atoms. The average molecular weight is 317 g/mol. The van der Waals surface area contributed by atoms with Gasteiger partial charge in [-0.2, -0.15) is 0 Å². The van der Waals surface area contributed by atoms with Gasteiger partial charge in [-0.1, -0.05) is 0 Å². The number of sulfonamides is 1. The Bertz CT molecular complexity index is 611. The van der Waals surface area contributed by atoms with Crippen molar-refractivity contribution in [2.75, 3.05) is 24.2 Å². The molecule has 2 N–H and O–H groups in total. The number of hydrogen-bond donors (Lipinski definition) is 2. The molecule has 0 aliphatic carbocycles. The largest absolute Gasteiger partial charge is 0.490 e. The van der Waals surface area contributed by atoms with Crippen molar-refractivity contribution >= 4 is 21.7 Å². The molecule has 0 heterocycles. The van der Waals surface area contributed by atoms with Gasteiger partial charge in [-0.05, 0) is 25.5 Å². The maximum absolute atomic E-state index is 11.4. The van der Waals surface area contributed by atoms with E-state index in [1.807, 2.05) is 0 Å². The van der Waals surface area contributed by atoms with Crippen molar-refractivity contribution < 1.29 is 27.8 Å². The third kappa shape index (κ3) is 5.50. The fraction of sp³-hybridized carbons (Fsp3) is 0.462. The maximum atomic E-state index is 11.4. The Morgan fingerprint density at radius 2 is 1.71 bits per heavy atom. The van der Waals surface area contributed by atoms with Gasteiger partial charge >= 0.3 is 5.97 Å². The van der Waals surface area contributed by atoms with Crippen molar-refractivity contribution in [3.05, 3.63) is 17.7 Å². The summed E-state index contributed by atoms with van der Waals surface area (Å²) in [5.74, 6) is -0.326. The molecule has 7 nitrogen and oxygen atoms in total. The second kappa shape index (κ2) is 7.16. The van der Waals surface area contributed by atoms with Crippen molar-refractivity contribution in [3.8, 4) is 11.5 Å². The summed E-state index contributed by atoms with van der Waals surface area (Å²) < 4.78 is 35.9. The van der Waals surface area contributed by atoms with Crippen LogP contribution in [0.5, 0.6) is 11.5 Å². The lowest BCUT2D eigenvalue weighted by Gasteiger charge is -2.16. The molecule has 0 bridgehead atoms. The molecule has 0 atom stereocenters. The summed E-state index contributed by atoms with van der Waals surface area (Å²) in [5, 5.41) is 8.93. The lowest BCUT2D eigenvalue weighted by atomic mass is 10.1. The predicted molar refractivity (Wildman–Crippen MR) is 78.6 cm³/mol. The highest BCUT2D eigenvalue weighted by molar-refractivity contribution is 7.92. The van der Waals surface area contributed by atoms with Crippen molar-refractivity contribution in [1.82, 2.24) is 0 Å². The quantitative estimate of drug-likeness (QED) is 0.753. The number of carboxylic acids is 1. The Balaban J connectivity index is 3.35. The van der Waals surface area contributed by atoms with Gasteiger partial charge in [-0.15, -0.1) is 0 Å². The minimum Gasteiger partial charge on any atom is -0.490 e. The summed E-state index contributed by atoms with van der Waals surface area (Å²) in [6.45, 7) is 4.32. The molecule has 1 aromatic rings.